The summed E-state index contributed by atoms with van der Waals surface area (Å²) < 4.78 is 121. The summed E-state index contributed by atoms with van der Waals surface area (Å²) in [4.78, 5) is 12.9. The zero-order valence-corrected chi connectivity index (χ0v) is 16.7. The zero-order valence-electron chi connectivity index (χ0n) is 25.0. The second kappa shape index (κ2) is 8.64. The highest BCUT2D eigenvalue weighted by Crippen LogP contribution is 2.60. The van der Waals surface area contributed by atoms with Crippen LogP contribution in [0.2, 0.25) is 0 Å². The standard InChI is InChI=1S/C23H19ClF3NO3/c1-22(2)17(12-19(24)23(25,26)27)20(22)21(29)31-18(13-28)14-7-6-10-16(11-14)30-15-8-4-3-5-9-15/h3-12,17-18,20H,1-2H3/b19-12-/i3D,4D,5D,6D,7D,8D,9D,10D,11D. The van der Waals surface area contributed by atoms with Crippen LogP contribution in [0.5, 0.6) is 11.5 Å². The maximum absolute atomic E-state index is 12.9. The number of carbonyl (C=O) groups excluding carboxylic acids is 1. The highest BCUT2D eigenvalue weighted by molar-refractivity contribution is 6.30. The van der Waals surface area contributed by atoms with Crippen molar-refractivity contribution >= 4 is 17.6 Å². The van der Waals surface area contributed by atoms with Gasteiger partial charge >= 0.3 is 12.1 Å². The Balaban J connectivity index is 2.03. The van der Waals surface area contributed by atoms with Crippen molar-refractivity contribution in [3.05, 3.63) is 71.1 Å². The van der Waals surface area contributed by atoms with Gasteiger partial charge < -0.3 is 9.47 Å². The molecule has 0 saturated heterocycles. The molecule has 3 unspecified atom stereocenters. The first-order valence-corrected chi connectivity index (χ1v) is 9.06. The van der Waals surface area contributed by atoms with E-state index in [9.17, 15) is 23.2 Å². The molecule has 0 spiro atoms. The van der Waals surface area contributed by atoms with Crippen LogP contribution in [-0.2, 0) is 9.53 Å². The predicted molar refractivity (Wildman–Crippen MR) is 108 cm³/mol. The first-order chi connectivity index (χ1) is 18.3. The van der Waals surface area contributed by atoms with E-state index in [2.05, 4.69) is 0 Å². The SMILES string of the molecule is [2H]c1c([2H])c([2H])c(Oc2c([2H])c([2H])c([2H])c(C(C#N)OC(=O)C3C(/C=C(\Cl)C(F)(F)F)C3(C)C)c2[2H])c([2H])c1[2H]. The minimum absolute atomic E-state index is 0.656. The van der Waals surface area contributed by atoms with Gasteiger partial charge in [-0.2, -0.15) is 18.4 Å². The number of esters is 1. The van der Waals surface area contributed by atoms with Crippen LogP contribution in [0.15, 0.2) is 65.5 Å². The molecule has 0 radical (unpaired) electrons. The molecule has 3 rings (SSSR count). The van der Waals surface area contributed by atoms with Gasteiger partial charge in [-0.05, 0) is 35.5 Å². The number of halogens is 4. The fourth-order valence-corrected chi connectivity index (χ4v) is 3.08. The molecule has 2 aromatic carbocycles. The van der Waals surface area contributed by atoms with Gasteiger partial charge in [0, 0.05) is 5.56 Å². The molecule has 0 bridgehead atoms. The third-order valence-corrected chi connectivity index (χ3v) is 5.02. The van der Waals surface area contributed by atoms with Crippen LogP contribution in [0.25, 0.3) is 0 Å². The van der Waals surface area contributed by atoms with Crippen molar-refractivity contribution in [3.63, 3.8) is 0 Å². The molecule has 0 amide bonds. The van der Waals surface area contributed by atoms with E-state index in [-0.39, 0.29) is 0 Å². The van der Waals surface area contributed by atoms with Crippen LogP contribution >= 0.6 is 11.6 Å². The quantitative estimate of drug-likeness (QED) is 0.461. The summed E-state index contributed by atoms with van der Waals surface area (Å²) in [5.74, 6) is -4.97. The van der Waals surface area contributed by atoms with Crippen molar-refractivity contribution < 1.29 is 39.8 Å². The Morgan fingerprint density at radius 2 is 1.87 bits per heavy atom. The van der Waals surface area contributed by atoms with Crippen molar-refractivity contribution in [1.29, 1.82) is 5.26 Å². The maximum atomic E-state index is 12.9. The average Bonchev–Trinajstić information content (AvgIpc) is 3.42. The number of allylic oxidation sites excluding steroid dienone is 2. The van der Waals surface area contributed by atoms with Gasteiger partial charge in [-0.1, -0.05) is 61.7 Å². The van der Waals surface area contributed by atoms with E-state index in [1.54, 1.807) is 6.07 Å². The van der Waals surface area contributed by atoms with Crippen LogP contribution in [0.1, 0.15) is 37.9 Å². The summed E-state index contributed by atoms with van der Waals surface area (Å²) in [7, 11) is 0. The first-order valence-electron chi connectivity index (χ1n) is 13.2. The largest absolute Gasteiger partial charge is 0.457 e. The highest BCUT2D eigenvalue weighted by Gasteiger charge is 2.62. The smallest absolute Gasteiger partial charge is 0.426 e. The van der Waals surface area contributed by atoms with Crippen LogP contribution in [-0.4, -0.2) is 12.1 Å². The molecule has 0 N–H and O–H groups in total. The summed E-state index contributed by atoms with van der Waals surface area (Å²) in [6.45, 7) is 2.94. The number of nitrogens with zero attached hydrogens (tertiary/aromatic N) is 1. The number of hydrogen-bond acceptors (Lipinski definition) is 4. The van der Waals surface area contributed by atoms with Gasteiger partial charge in [0.05, 0.1) is 18.3 Å². The van der Waals surface area contributed by atoms with Crippen LogP contribution in [0.3, 0.4) is 0 Å². The Bertz CT molecular complexity index is 1460. The van der Waals surface area contributed by atoms with Crippen LogP contribution < -0.4 is 4.74 Å². The van der Waals surface area contributed by atoms with Crippen molar-refractivity contribution in [2.75, 3.05) is 0 Å². The van der Waals surface area contributed by atoms with Crippen LogP contribution in [0.4, 0.5) is 13.2 Å². The number of benzene rings is 2. The van der Waals surface area contributed by atoms with Gasteiger partial charge in [-0.15, -0.1) is 0 Å². The molecular weight excluding hydrogens is 431 g/mol. The van der Waals surface area contributed by atoms with Gasteiger partial charge in [0.2, 0.25) is 6.10 Å². The topological polar surface area (TPSA) is 59.3 Å². The van der Waals surface area contributed by atoms with Gasteiger partial charge in [0.15, 0.2) is 0 Å². The van der Waals surface area contributed by atoms with E-state index >= 15 is 0 Å². The molecule has 8 heteroatoms. The van der Waals surface area contributed by atoms with Gasteiger partial charge in [0.1, 0.15) is 22.6 Å². The molecule has 1 aliphatic rings. The summed E-state index contributed by atoms with van der Waals surface area (Å²) in [6.07, 6.45) is -6.23. The third-order valence-electron chi connectivity index (χ3n) is 4.68. The molecule has 4 nitrogen and oxygen atoms in total. The Hall–Kier alpha value is -2.98. The summed E-state index contributed by atoms with van der Waals surface area (Å²) in [6, 6.07) is -6.00. The number of nitriles is 1. The summed E-state index contributed by atoms with van der Waals surface area (Å²) in [5.41, 5.74) is -1.75. The van der Waals surface area contributed by atoms with Gasteiger partial charge in [0.25, 0.3) is 0 Å². The number of rotatable bonds is 6. The van der Waals surface area contributed by atoms with E-state index in [1.807, 2.05) is 0 Å². The molecule has 31 heavy (non-hydrogen) atoms. The number of alkyl halides is 3. The Morgan fingerprint density at radius 3 is 2.48 bits per heavy atom. The second-order valence-corrected chi connectivity index (χ2v) is 7.49. The normalized spacial score (nSPS) is 25.1. The van der Waals surface area contributed by atoms with Crippen LogP contribution in [0, 0.1) is 28.6 Å². The lowest BCUT2D eigenvalue weighted by Crippen LogP contribution is -2.14. The minimum Gasteiger partial charge on any atom is -0.457 e. The molecule has 1 fully saturated rings. The molecule has 0 aliphatic heterocycles. The van der Waals surface area contributed by atoms with Crippen molar-refractivity contribution in [3.8, 4) is 17.6 Å². The molecule has 2 aromatic rings. The number of ether oxygens (including phenoxy) is 2. The van der Waals surface area contributed by atoms with E-state index < -0.39 is 112 Å². The lowest BCUT2D eigenvalue weighted by Gasteiger charge is -2.13. The van der Waals surface area contributed by atoms with Crippen molar-refractivity contribution in [1.82, 2.24) is 0 Å². The zero-order chi connectivity index (χ0) is 30.6. The predicted octanol–water partition coefficient (Wildman–Crippen LogP) is 6.54. The Morgan fingerprint density at radius 1 is 1.23 bits per heavy atom. The summed E-state index contributed by atoms with van der Waals surface area (Å²) in [5, 5.41) is 8.26. The number of hydrogen-bond donors (Lipinski definition) is 0. The molecule has 3 atom stereocenters. The third kappa shape index (κ3) is 5.20. The fourth-order valence-electron chi connectivity index (χ4n) is 2.94. The Kier molecular flexibility index (Phi) is 3.74. The second-order valence-electron chi connectivity index (χ2n) is 7.08. The number of carbonyl (C=O) groups is 1. The minimum atomic E-state index is -4.84. The average molecular weight is 459 g/mol. The lowest BCUT2D eigenvalue weighted by atomic mass is 10.1. The van der Waals surface area contributed by atoms with Gasteiger partial charge in [-0.3, -0.25) is 4.79 Å². The Labute approximate surface area is 195 Å². The van der Waals surface area contributed by atoms with E-state index in [1.165, 1.54) is 13.8 Å². The molecule has 0 heterocycles. The molecular formula is C23H19ClF3NO3. The van der Waals surface area contributed by atoms with E-state index in [4.69, 9.17) is 33.4 Å². The monoisotopic (exact) mass is 458 g/mol. The van der Waals surface area contributed by atoms with Gasteiger partial charge in [-0.25, -0.2) is 0 Å². The summed E-state index contributed by atoms with van der Waals surface area (Å²) >= 11 is 5.30. The fraction of sp³-hybridized carbons (Fsp3) is 0.304. The highest BCUT2D eigenvalue weighted by atomic mass is 35.5. The maximum Gasteiger partial charge on any atom is 0.426 e. The lowest BCUT2D eigenvalue weighted by molar-refractivity contribution is -0.149. The van der Waals surface area contributed by atoms with Crippen molar-refractivity contribution in [2.24, 2.45) is 17.3 Å². The number of para-hydroxylation sites is 1. The first kappa shape index (κ1) is 13.4. The van der Waals surface area contributed by atoms with Crippen molar-refractivity contribution in [2.45, 2.75) is 26.1 Å². The molecule has 1 saturated carbocycles. The molecule has 1 aliphatic carbocycles. The molecule has 162 valence electrons. The molecule has 0 aromatic heterocycles. The van der Waals surface area contributed by atoms with E-state index in [0.717, 1.165) is 0 Å². The van der Waals surface area contributed by atoms with E-state index in [0.29, 0.717) is 6.08 Å².